The summed E-state index contributed by atoms with van der Waals surface area (Å²) in [5.74, 6) is 1.93. The molecule has 0 spiro atoms. The van der Waals surface area contributed by atoms with Gasteiger partial charge in [-0.05, 0) is 18.6 Å². The van der Waals surface area contributed by atoms with Crippen LogP contribution in [0.4, 0.5) is 0 Å². The van der Waals surface area contributed by atoms with E-state index in [4.69, 9.17) is 4.74 Å². The molecule has 0 atom stereocenters. The van der Waals surface area contributed by atoms with Crippen molar-refractivity contribution in [2.24, 2.45) is 4.99 Å². The number of hydrogen-bond donors (Lipinski definition) is 1. The van der Waals surface area contributed by atoms with Gasteiger partial charge in [-0.3, -0.25) is 9.89 Å². The largest absolute Gasteiger partial charge is 0.492 e. The number of guanidine groups is 1. The van der Waals surface area contributed by atoms with E-state index < -0.39 is 0 Å². The fourth-order valence-electron chi connectivity index (χ4n) is 3.23. The summed E-state index contributed by atoms with van der Waals surface area (Å²) in [5.41, 5.74) is 0. The van der Waals surface area contributed by atoms with Gasteiger partial charge in [0, 0.05) is 63.8 Å². The molecule has 0 unspecified atom stereocenters. The molecule has 1 fully saturated rings. The van der Waals surface area contributed by atoms with Crippen LogP contribution in [0.1, 0.15) is 16.8 Å². The molecule has 6 nitrogen and oxygen atoms in total. The molecule has 1 N–H and O–H groups in total. The maximum Gasteiger partial charge on any atom is 0.193 e. The zero-order chi connectivity index (χ0) is 19.6. The van der Waals surface area contributed by atoms with Crippen LogP contribution in [-0.2, 0) is 12.8 Å². The van der Waals surface area contributed by atoms with Crippen LogP contribution in [0.5, 0.6) is 5.75 Å². The van der Waals surface area contributed by atoms with Crippen LogP contribution in [0.25, 0.3) is 0 Å². The molecule has 0 radical (unpaired) electrons. The van der Waals surface area contributed by atoms with Gasteiger partial charge in [-0.15, -0.1) is 35.3 Å². The first kappa shape index (κ1) is 23.9. The van der Waals surface area contributed by atoms with Crippen molar-refractivity contribution >= 4 is 41.3 Å². The number of piperazine rings is 1. The molecule has 2 heterocycles. The van der Waals surface area contributed by atoms with E-state index in [1.807, 2.05) is 54.9 Å². The Kier molecular flexibility index (Phi) is 10.7. The Bertz CT molecular complexity index is 732. The predicted octanol–water partition coefficient (Wildman–Crippen LogP) is 3.14. The van der Waals surface area contributed by atoms with Crippen molar-refractivity contribution in [3.05, 3.63) is 46.4 Å². The van der Waals surface area contributed by atoms with E-state index in [1.54, 1.807) is 0 Å². The van der Waals surface area contributed by atoms with Gasteiger partial charge in [0.1, 0.15) is 12.4 Å². The average Bonchev–Trinajstić information content (AvgIpc) is 3.21. The van der Waals surface area contributed by atoms with Crippen LogP contribution >= 0.6 is 35.3 Å². The number of nitrogens with one attached hydrogen (secondary N) is 1. The van der Waals surface area contributed by atoms with E-state index in [1.165, 1.54) is 9.88 Å². The number of aryl methyl sites for hydroxylation is 1. The van der Waals surface area contributed by atoms with E-state index in [0.29, 0.717) is 0 Å². The van der Waals surface area contributed by atoms with Crippen LogP contribution in [0, 0.1) is 0 Å². The molecule has 8 heteroatoms. The Morgan fingerprint density at radius 1 is 1.21 bits per heavy atom. The Balaban J connectivity index is 0.00000300. The SMILES string of the molecule is CCc1cnc(CCNC(=NC)N2CCN(CCOc3ccccc3)CC2)s1.I. The maximum atomic E-state index is 5.81. The lowest BCUT2D eigenvalue weighted by molar-refractivity contribution is 0.152. The summed E-state index contributed by atoms with van der Waals surface area (Å²) in [5, 5.41) is 4.69. The van der Waals surface area contributed by atoms with Gasteiger partial charge in [0.05, 0.1) is 5.01 Å². The zero-order valence-corrected chi connectivity index (χ0v) is 20.5. The molecule has 1 aromatic carbocycles. The van der Waals surface area contributed by atoms with Gasteiger partial charge in [-0.1, -0.05) is 25.1 Å². The molecule has 2 aromatic rings. The zero-order valence-electron chi connectivity index (χ0n) is 17.3. The van der Waals surface area contributed by atoms with Crippen LogP contribution in [0.2, 0.25) is 0 Å². The van der Waals surface area contributed by atoms with Crippen molar-refractivity contribution < 1.29 is 4.74 Å². The number of aromatic nitrogens is 1. The molecule has 0 saturated carbocycles. The number of halogens is 1. The smallest absolute Gasteiger partial charge is 0.193 e. The molecule has 1 aromatic heterocycles. The Hall–Kier alpha value is -1.39. The molecular weight excluding hydrogens is 497 g/mol. The first-order valence-electron chi connectivity index (χ1n) is 10.1. The van der Waals surface area contributed by atoms with Crippen molar-refractivity contribution in [2.75, 3.05) is 52.9 Å². The quantitative estimate of drug-likeness (QED) is 0.324. The molecule has 1 aliphatic heterocycles. The molecule has 3 rings (SSSR count). The van der Waals surface area contributed by atoms with Crippen molar-refractivity contribution in [1.29, 1.82) is 0 Å². The van der Waals surface area contributed by atoms with Gasteiger partial charge in [0.2, 0.25) is 0 Å². The lowest BCUT2D eigenvalue weighted by atomic mass is 10.3. The lowest BCUT2D eigenvalue weighted by Crippen LogP contribution is -2.53. The fourth-order valence-corrected chi connectivity index (χ4v) is 4.10. The number of nitrogens with zero attached hydrogens (tertiary/aromatic N) is 4. The Labute approximate surface area is 195 Å². The summed E-state index contributed by atoms with van der Waals surface area (Å²) in [7, 11) is 1.86. The summed E-state index contributed by atoms with van der Waals surface area (Å²) < 4.78 is 5.81. The molecule has 0 bridgehead atoms. The maximum absolute atomic E-state index is 5.81. The van der Waals surface area contributed by atoms with Crippen LogP contribution < -0.4 is 10.1 Å². The predicted molar refractivity (Wildman–Crippen MR) is 132 cm³/mol. The monoisotopic (exact) mass is 529 g/mol. The van der Waals surface area contributed by atoms with Gasteiger partial charge < -0.3 is 15.0 Å². The topological polar surface area (TPSA) is 53.0 Å². The number of rotatable bonds is 8. The summed E-state index contributed by atoms with van der Waals surface area (Å²) in [4.78, 5) is 15.1. The van der Waals surface area contributed by atoms with Crippen LogP contribution in [-0.4, -0.2) is 73.7 Å². The van der Waals surface area contributed by atoms with Gasteiger partial charge in [0.15, 0.2) is 5.96 Å². The summed E-state index contributed by atoms with van der Waals surface area (Å²) in [6.07, 6.45) is 4.00. The second-order valence-electron chi connectivity index (χ2n) is 6.79. The highest BCUT2D eigenvalue weighted by atomic mass is 127. The van der Waals surface area contributed by atoms with E-state index in [-0.39, 0.29) is 24.0 Å². The van der Waals surface area contributed by atoms with Crippen LogP contribution in [0.3, 0.4) is 0 Å². The van der Waals surface area contributed by atoms with Crippen molar-refractivity contribution in [3.8, 4) is 5.75 Å². The number of ether oxygens (including phenoxy) is 1. The molecule has 29 heavy (non-hydrogen) atoms. The molecule has 0 aliphatic carbocycles. The standard InChI is InChI=1S/C21H31N5OS.HI/c1-3-19-17-24-20(28-19)9-10-23-21(22-2)26-13-11-25(12-14-26)15-16-27-18-7-5-4-6-8-18;/h4-8,17H,3,9-16H2,1-2H3,(H,22,23);1H. The van der Waals surface area contributed by atoms with Gasteiger partial charge in [0.25, 0.3) is 0 Å². The minimum absolute atomic E-state index is 0. The average molecular weight is 529 g/mol. The Morgan fingerprint density at radius 2 is 1.97 bits per heavy atom. The minimum Gasteiger partial charge on any atom is -0.492 e. The molecule has 1 saturated heterocycles. The van der Waals surface area contributed by atoms with Crippen molar-refractivity contribution in [1.82, 2.24) is 20.1 Å². The van der Waals surface area contributed by atoms with Gasteiger partial charge in [-0.2, -0.15) is 0 Å². The van der Waals surface area contributed by atoms with Crippen LogP contribution in [0.15, 0.2) is 41.5 Å². The molecule has 0 amide bonds. The third kappa shape index (κ3) is 7.75. The second kappa shape index (κ2) is 13.0. The molecule has 1 aliphatic rings. The number of aliphatic imine (C=N–C) groups is 1. The molecular formula is C21H32IN5OS. The number of thiazole rings is 1. The van der Waals surface area contributed by atoms with E-state index in [9.17, 15) is 0 Å². The Morgan fingerprint density at radius 3 is 2.62 bits per heavy atom. The lowest BCUT2D eigenvalue weighted by Gasteiger charge is -2.36. The summed E-state index contributed by atoms with van der Waals surface area (Å²) in [6, 6.07) is 10.0. The number of para-hydroxylation sites is 1. The highest BCUT2D eigenvalue weighted by molar-refractivity contribution is 14.0. The number of hydrogen-bond acceptors (Lipinski definition) is 5. The van der Waals surface area contributed by atoms with E-state index in [2.05, 4.69) is 32.0 Å². The highest BCUT2D eigenvalue weighted by Gasteiger charge is 2.19. The van der Waals surface area contributed by atoms with Crippen molar-refractivity contribution in [3.63, 3.8) is 0 Å². The highest BCUT2D eigenvalue weighted by Crippen LogP contribution is 2.13. The summed E-state index contributed by atoms with van der Waals surface area (Å²) in [6.45, 7) is 8.77. The number of benzene rings is 1. The van der Waals surface area contributed by atoms with E-state index >= 15 is 0 Å². The van der Waals surface area contributed by atoms with Gasteiger partial charge >= 0.3 is 0 Å². The normalized spacial score (nSPS) is 15.1. The second-order valence-corrected chi connectivity index (χ2v) is 7.99. The fraction of sp³-hybridized carbons (Fsp3) is 0.524. The minimum atomic E-state index is 0. The third-order valence-electron chi connectivity index (χ3n) is 4.87. The van der Waals surface area contributed by atoms with Gasteiger partial charge in [-0.25, -0.2) is 4.98 Å². The molecule has 160 valence electrons. The first-order valence-corrected chi connectivity index (χ1v) is 10.9. The van der Waals surface area contributed by atoms with E-state index in [0.717, 1.165) is 70.4 Å². The van der Waals surface area contributed by atoms with Crippen molar-refractivity contribution in [2.45, 2.75) is 19.8 Å². The summed E-state index contributed by atoms with van der Waals surface area (Å²) >= 11 is 1.81. The third-order valence-corrected chi connectivity index (χ3v) is 6.08. The first-order chi connectivity index (χ1) is 13.8.